The van der Waals surface area contributed by atoms with E-state index in [2.05, 4.69) is 5.32 Å². The molecule has 104 valence electrons. The summed E-state index contributed by atoms with van der Waals surface area (Å²) in [6.07, 6.45) is 0. The van der Waals surface area contributed by atoms with Crippen molar-refractivity contribution in [3.05, 3.63) is 23.7 Å². The number of hydrogen-bond donors (Lipinski definition) is 2. The molecule has 0 saturated carbocycles. The number of primary sulfonamides is 1. The number of nitrogens with one attached hydrogen (secondary N) is 1. The van der Waals surface area contributed by atoms with Crippen LogP contribution in [0.15, 0.2) is 16.5 Å². The van der Waals surface area contributed by atoms with E-state index in [0.717, 1.165) is 0 Å². The largest absolute Gasteiger partial charge is 0.464 e. The van der Waals surface area contributed by atoms with Crippen LogP contribution in [0.25, 0.3) is 0 Å². The van der Waals surface area contributed by atoms with Crippen LogP contribution in [-0.2, 0) is 22.3 Å². The number of rotatable bonds is 8. The number of alkyl halides is 2. The lowest BCUT2D eigenvalue weighted by atomic mass is 10.4. The van der Waals surface area contributed by atoms with Crippen LogP contribution in [0.3, 0.4) is 0 Å². The molecule has 3 N–H and O–H groups in total. The van der Waals surface area contributed by atoms with Crippen LogP contribution in [0.5, 0.6) is 0 Å². The number of hydrogen-bond acceptors (Lipinski definition) is 5. The van der Waals surface area contributed by atoms with Gasteiger partial charge in [0, 0.05) is 6.54 Å². The summed E-state index contributed by atoms with van der Waals surface area (Å²) in [5.41, 5.74) is 0. The molecule has 1 rings (SSSR count). The van der Waals surface area contributed by atoms with Crippen molar-refractivity contribution in [3.8, 4) is 0 Å². The second-order valence-electron chi connectivity index (χ2n) is 3.48. The fourth-order valence-corrected chi connectivity index (χ4v) is 2.04. The van der Waals surface area contributed by atoms with Gasteiger partial charge in [-0.15, -0.1) is 0 Å². The minimum absolute atomic E-state index is 0.106. The highest BCUT2D eigenvalue weighted by atomic mass is 32.2. The number of halogens is 2. The maximum absolute atomic E-state index is 11.9. The van der Waals surface area contributed by atoms with Crippen LogP contribution in [0.2, 0.25) is 0 Å². The Kier molecular flexibility index (Phi) is 6.06. The van der Waals surface area contributed by atoms with Gasteiger partial charge in [-0.2, -0.15) is 8.78 Å². The molecule has 18 heavy (non-hydrogen) atoms. The zero-order valence-corrected chi connectivity index (χ0v) is 11.1. The fraction of sp³-hybridized carbons (Fsp3) is 0.556. The molecule has 0 amide bonds. The molecule has 0 saturated heterocycles. The normalized spacial score (nSPS) is 12.2. The standard InChI is InChI=1S/C9H14F2N2O3S2/c10-9(11)17-6-8-2-1-7(16-8)5-13-3-4-18(12,14)15/h1-2,9,13H,3-6H2,(H2,12,14,15). The lowest BCUT2D eigenvalue weighted by Gasteiger charge is -2.01. The predicted molar refractivity (Wildman–Crippen MR) is 65.7 cm³/mol. The first-order valence-electron chi connectivity index (χ1n) is 5.05. The van der Waals surface area contributed by atoms with Gasteiger partial charge in [-0.05, 0) is 12.1 Å². The molecule has 0 unspecified atom stereocenters. The zero-order valence-electron chi connectivity index (χ0n) is 9.43. The van der Waals surface area contributed by atoms with Gasteiger partial charge in [-0.25, -0.2) is 13.6 Å². The Morgan fingerprint density at radius 3 is 2.67 bits per heavy atom. The third kappa shape index (κ3) is 6.94. The van der Waals surface area contributed by atoms with E-state index in [1.165, 1.54) is 0 Å². The molecule has 0 fully saturated rings. The van der Waals surface area contributed by atoms with Crippen molar-refractivity contribution >= 4 is 21.8 Å². The second-order valence-corrected chi connectivity index (χ2v) is 6.20. The van der Waals surface area contributed by atoms with Crippen molar-refractivity contribution in [2.24, 2.45) is 5.14 Å². The van der Waals surface area contributed by atoms with E-state index in [9.17, 15) is 17.2 Å². The molecule has 1 heterocycles. The van der Waals surface area contributed by atoms with Gasteiger partial charge in [0.15, 0.2) is 0 Å². The highest BCUT2D eigenvalue weighted by molar-refractivity contribution is 7.98. The number of sulfonamides is 1. The van der Waals surface area contributed by atoms with E-state index in [1.807, 2.05) is 0 Å². The first-order valence-corrected chi connectivity index (χ1v) is 7.82. The van der Waals surface area contributed by atoms with Crippen molar-refractivity contribution in [3.63, 3.8) is 0 Å². The highest BCUT2D eigenvalue weighted by Crippen LogP contribution is 2.21. The van der Waals surface area contributed by atoms with Crippen molar-refractivity contribution in [1.82, 2.24) is 5.32 Å². The summed E-state index contributed by atoms with van der Waals surface area (Å²) in [5.74, 6) is -1.46. The molecule has 1 aromatic rings. The molecule has 0 aliphatic carbocycles. The Bertz CT molecular complexity index is 462. The molecule has 0 atom stereocenters. The summed E-state index contributed by atoms with van der Waals surface area (Å²) in [5, 5.41) is 7.65. The number of furan rings is 1. The quantitative estimate of drug-likeness (QED) is 0.703. The van der Waals surface area contributed by atoms with Gasteiger partial charge in [0.25, 0.3) is 5.76 Å². The zero-order chi connectivity index (χ0) is 13.6. The van der Waals surface area contributed by atoms with Gasteiger partial charge < -0.3 is 9.73 Å². The smallest absolute Gasteiger partial charge is 0.284 e. The van der Waals surface area contributed by atoms with Crippen LogP contribution in [0.4, 0.5) is 8.78 Å². The molecular formula is C9H14F2N2O3S2. The number of thioether (sulfide) groups is 1. The van der Waals surface area contributed by atoms with E-state index in [4.69, 9.17) is 9.56 Å². The lowest BCUT2D eigenvalue weighted by molar-refractivity contribution is 0.251. The Labute approximate surface area is 108 Å². The van der Waals surface area contributed by atoms with Crippen LogP contribution in [-0.4, -0.2) is 26.5 Å². The molecule has 0 aromatic carbocycles. The van der Waals surface area contributed by atoms with Gasteiger partial charge in [0.05, 0.1) is 18.1 Å². The molecule has 0 aliphatic heterocycles. The van der Waals surface area contributed by atoms with Gasteiger partial charge in [0.2, 0.25) is 10.0 Å². The SMILES string of the molecule is NS(=O)(=O)CCNCc1ccc(CSC(F)F)o1. The summed E-state index contributed by atoms with van der Waals surface area (Å²) >= 11 is 0.486. The number of nitrogens with two attached hydrogens (primary N) is 1. The lowest BCUT2D eigenvalue weighted by Crippen LogP contribution is -2.26. The Balaban J connectivity index is 2.27. The molecule has 0 radical (unpaired) electrons. The third-order valence-electron chi connectivity index (χ3n) is 1.93. The maximum Gasteiger partial charge on any atom is 0.284 e. The molecular weight excluding hydrogens is 286 g/mol. The minimum atomic E-state index is -3.47. The average molecular weight is 300 g/mol. The third-order valence-corrected chi connectivity index (χ3v) is 3.41. The maximum atomic E-state index is 11.9. The van der Waals surface area contributed by atoms with E-state index in [0.29, 0.717) is 29.8 Å². The highest BCUT2D eigenvalue weighted by Gasteiger charge is 2.07. The molecule has 0 spiro atoms. The summed E-state index contributed by atoms with van der Waals surface area (Å²) in [6, 6.07) is 3.28. The van der Waals surface area contributed by atoms with Gasteiger partial charge >= 0.3 is 0 Å². The Morgan fingerprint density at radius 1 is 1.39 bits per heavy atom. The summed E-state index contributed by atoms with van der Waals surface area (Å²) < 4.78 is 50.4. The van der Waals surface area contributed by atoms with Crippen molar-refractivity contribution in [1.29, 1.82) is 0 Å². The predicted octanol–water partition coefficient (Wildman–Crippen LogP) is 1.11. The van der Waals surface area contributed by atoms with Gasteiger partial charge in [0.1, 0.15) is 11.5 Å². The fourth-order valence-electron chi connectivity index (χ4n) is 1.17. The second kappa shape index (κ2) is 7.07. The van der Waals surface area contributed by atoms with Crippen LogP contribution >= 0.6 is 11.8 Å². The van der Waals surface area contributed by atoms with E-state index in [-0.39, 0.29) is 18.1 Å². The molecule has 0 aliphatic rings. The van der Waals surface area contributed by atoms with Crippen molar-refractivity contribution in [2.75, 3.05) is 12.3 Å². The topological polar surface area (TPSA) is 85.3 Å². The van der Waals surface area contributed by atoms with Crippen LogP contribution in [0, 0.1) is 0 Å². The van der Waals surface area contributed by atoms with Gasteiger partial charge in [-0.3, -0.25) is 0 Å². The molecule has 1 aromatic heterocycles. The summed E-state index contributed by atoms with van der Waals surface area (Å²) in [7, 11) is -3.47. The van der Waals surface area contributed by atoms with E-state index < -0.39 is 15.8 Å². The Hall–Kier alpha value is -0.640. The van der Waals surface area contributed by atoms with E-state index >= 15 is 0 Å². The first kappa shape index (κ1) is 15.4. The van der Waals surface area contributed by atoms with Crippen molar-refractivity contribution < 1.29 is 21.6 Å². The molecule has 0 bridgehead atoms. The van der Waals surface area contributed by atoms with Gasteiger partial charge in [-0.1, -0.05) is 11.8 Å². The van der Waals surface area contributed by atoms with E-state index in [1.54, 1.807) is 12.1 Å². The first-order chi connectivity index (χ1) is 8.37. The summed E-state index contributed by atoms with van der Waals surface area (Å²) in [6.45, 7) is 0.537. The average Bonchev–Trinajstić information content (AvgIpc) is 2.68. The molecule has 9 heteroatoms. The Morgan fingerprint density at radius 2 is 2.06 bits per heavy atom. The van der Waals surface area contributed by atoms with Crippen molar-refractivity contribution in [2.45, 2.75) is 18.1 Å². The molecule has 5 nitrogen and oxygen atoms in total. The van der Waals surface area contributed by atoms with Crippen LogP contribution in [0.1, 0.15) is 11.5 Å². The summed E-state index contributed by atoms with van der Waals surface area (Å²) in [4.78, 5) is 0. The minimum Gasteiger partial charge on any atom is -0.464 e. The van der Waals surface area contributed by atoms with Crippen LogP contribution < -0.4 is 10.5 Å². The monoisotopic (exact) mass is 300 g/mol.